The first-order valence-corrected chi connectivity index (χ1v) is 7.96. The molecular formula is C19H19N3O4. The minimum absolute atomic E-state index is 0.121. The third kappa shape index (κ3) is 3.16. The van der Waals surface area contributed by atoms with Gasteiger partial charge in [0.1, 0.15) is 24.2 Å². The number of ketones is 1. The number of carbonyl (C=O) groups excluding carboxylic acids is 1. The van der Waals surface area contributed by atoms with E-state index in [-0.39, 0.29) is 12.1 Å². The van der Waals surface area contributed by atoms with Crippen molar-refractivity contribution in [2.75, 3.05) is 14.2 Å². The van der Waals surface area contributed by atoms with E-state index in [2.05, 4.69) is 10.1 Å². The summed E-state index contributed by atoms with van der Waals surface area (Å²) in [6.07, 6.45) is 2.78. The first-order chi connectivity index (χ1) is 12.6. The number of para-hydroxylation sites is 2. The fourth-order valence-corrected chi connectivity index (χ4v) is 2.87. The van der Waals surface area contributed by atoms with E-state index in [4.69, 9.17) is 9.47 Å². The highest BCUT2D eigenvalue weighted by atomic mass is 16.5. The molecule has 3 rings (SSSR count). The number of Topliss-reactive ketones (excluding diaryl/α,β-unsaturated/α-hetero) is 1. The van der Waals surface area contributed by atoms with Gasteiger partial charge >= 0.3 is 0 Å². The van der Waals surface area contributed by atoms with Gasteiger partial charge in [0.2, 0.25) is 5.78 Å². The second kappa shape index (κ2) is 7.37. The van der Waals surface area contributed by atoms with Crippen molar-refractivity contribution in [3.8, 4) is 11.5 Å². The molecule has 1 atom stereocenters. The number of rotatable bonds is 7. The number of nitrogens with zero attached hydrogens (tertiary/aromatic N) is 3. The summed E-state index contributed by atoms with van der Waals surface area (Å²) < 4.78 is 12.1. The molecule has 7 heteroatoms. The van der Waals surface area contributed by atoms with Crippen LogP contribution in [0.3, 0.4) is 0 Å². The Bertz CT molecular complexity index is 895. The Kier molecular flexibility index (Phi) is 4.99. The molecule has 0 aliphatic heterocycles. The summed E-state index contributed by atoms with van der Waals surface area (Å²) in [6.45, 7) is -0.121. The second-order valence-electron chi connectivity index (χ2n) is 5.68. The topological polar surface area (TPSA) is 86.5 Å². The Morgan fingerprint density at radius 1 is 1.08 bits per heavy atom. The van der Waals surface area contributed by atoms with Crippen molar-refractivity contribution in [3.63, 3.8) is 0 Å². The molecule has 1 N–H and O–H groups in total. The molecule has 134 valence electrons. The maximum Gasteiger partial charge on any atom is 0.204 e. The Morgan fingerprint density at radius 3 is 2.38 bits per heavy atom. The van der Waals surface area contributed by atoms with Crippen LogP contribution < -0.4 is 9.47 Å². The highest BCUT2D eigenvalue weighted by molar-refractivity contribution is 6.05. The van der Waals surface area contributed by atoms with Crippen molar-refractivity contribution in [2.24, 2.45) is 0 Å². The van der Waals surface area contributed by atoms with E-state index >= 15 is 0 Å². The van der Waals surface area contributed by atoms with Crippen molar-refractivity contribution < 1.29 is 19.4 Å². The van der Waals surface area contributed by atoms with E-state index < -0.39 is 11.4 Å². The molecule has 1 heterocycles. The lowest BCUT2D eigenvalue weighted by Crippen LogP contribution is -2.41. The zero-order valence-corrected chi connectivity index (χ0v) is 14.5. The van der Waals surface area contributed by atoms with Crippen LogP contribution in [0.15, 0.2) is 61.2 Å². The predicted octanol–water partition coefficient (Wildman–Crippen LogP) is 2.07. The summed E-state index contributed by atoms with van der Waals surface area (Å²) in [4.78, 5) is 17.3. The van der Waals surface area contributed by atoms with Gasteiger partial charge in [-0.3, -0.25) is 4.79 Å². The highest BCUT2D eigenvalue weighted by Gasteiger charge is 2.42. The van der Waals surface area contributed by atoms with Gasteiger partial charge in [-0.15, -0.1) is 0 Å². The Labute approximate surface area is 150 Å². The maximum atomic E-state index is 13.4. The van der Waals surface area contributed by atoms with Crippen LogP contribution in [0.2, 0.25) is 0 Å². The lowest BCUT2D eigenvalue weighted by Gasteiger charge is -2.29. The van der Waals surface area contributed by atoms with Gasteiger partial charge in [-0.1, -0.05) is 30.3 Å². The van der Waals surface area contributed by atoms with Crippen LogP contribution in [0.5, 0.6) is 11.5 Å². The SMILES string of the molecule is COc1ccccc1C(=O)C(O)(Cn1cncn1)c1ccccc1OC. The van der Waals surface area contributed by atoms with Gasteiger partial charge in [0.25, 0.3) is 0 Å². The molecule has 0 saturated heterocycles. The van der Waals surface area contributed by atoms with Crippen LogP contribution in [0.4, 0.5) is 0 Å². The van der Waals surface area contributed by atoms with E-state index in [0.29, 0.717) is 17.1 Å². The third-order valence-electron chi connectivity index (χ3n) is 4.14. The first-order valence-electron chi connectivity index (χ1n) is 7.96. The number of benzene rings is 2. The van der Waals surface area contributed by atoms with Gasteiger partial charge in [0, 0.05) is 5.56 Å². The Hall–Kier alpha value is -3.19. The monoisotopic (exact) mass is 353 g/mol. The molecule has 26 heavy (non-hydrogen) atoms. The summed E-state index contributed by atoms with van der Waals surface area (Å²) in [7, 11) is 2.97. The largest absolute Gasteiger partial charge is 0.496 e. The van der Waals surface area contributed by atoms with E-state index in [1.807, 2.05) is 0 Å². The smallest absolute Gasteiger partial charge is 0.204 e. The van der Waals surface area contributed by atoms with Crippen LogP contribution in [0.1, 0.15) is 15.9 Å². The van der Waals surface area contributed by atoms with E-state index in [1.54, 1.807) is 48.5 Å². The number of carbonyl (C=O) groups is 1. The van der Waals surface area contributed by atoms with Crippen molar-refractivity contribution >= 4 is 5.78 Å². The fraction of sp³-hybridized carbons (Fsp3) is 0.211. The van der Waals surface area contributed by atoms with Crippen LogP contribution in [-0.2, 0) is 12.1 Å². The molecule has 0 aliphatic rings. The summed E-state index contributed by atoms with van der Waals surface area (Å²) >= 11 is 0. The van der Waals surface area contributed by atoms with Crippen LogP contribution in [0, 0.1) is 0 Å². The van der Waals surface area contributed by atoms with Crippen LogP contribution in [0.25, 0.3) is 0 Å². The molecule has 0 radical (unpaired) electrons. The van der Waals surface area contributed by atoms with Gasteiger partial charge in [-0.25, -0.2) is 9.67 Å². The number of methoxy groups -OCH3 is 2. The Morgan fingerprint density at radius 2 is 1.73 bits per heavy atom. The summed E-state index contributed by atoms with van der Waals surface area (Å²) in [5.74, 6) is 0.262. The molecule has 0 bridgehead atoms. The van der Waals surface area contributed by atoms with Crippen molar-refractivity contribution in [1.29, 1.82) is 0 Å². The van der Waals surface area contributed by atoms with E-state index in [1.165, 1.54) is 31.6 Å². The number of ether oxygens (including phenoxy) is 2. The van der Waals surface area contributed by atoms with Crippen LogP contribution >= 0.6 is 0 Å². The van der Waals surface area contributed by atoms with E-state index in [9.17, 15) is 9.90 Å². The normalized spacial score (nSPS) is 13.0. The highest BCUT2D eigenvalue weighted by Crippen LogP contribution is 2.36. The first kappa shape index (κ1) is 17.6. The van der Waals surface area contributed by atoms with E-state index in [0.717, 1.165) is 0 Å². The van der Waals surface area contributed by atoms with Crippen LogP contribution in [-0.4, -0.2) is 39.9 Å². The van der Waals surface area contributed by atoms with Gasteiger partial charge in [0.15, 0.2) is 5.60 Å². The zero-order chi connectivity index (χ0) is 18.6. The quantitative estimate of drug-likeness (QED) is 0.655. The zero-order valence-electron chi connectivity index (χ0n) is 14.5. The minimum atomic E-state index is -1.92. The number of hydrogen-bond acceptors (Lipinski definition) is 6. The van der Waals surface area contributed by atoms with Crippen molar-refractivity contribution in [2.45, 2.75) is 12.1 Å². The number of aromatic nitrogens is 3. The molecule has 0 amide bonds. The molecule has 0 spiro atoms. The average molecular weight is 353 g/mol. The molecule has 1 unspecified atom stereocenters. The van der Waals surface area contributed by atoms with Gasteiger partial charge in [-0.05, 0) is 18.2 Å². The number of hydrogen-bond donors (Lipinski definition) is 1. The van der Waals surface area contributed by atoms with Gasteiger partial charge in [-0.2, -0.15) is 5.10 Å². The molecule has 0 saturated carbocycles. The molecule has 7 nitrogen and oxygen atoms in total. The summed E-state index contributed by atoms with van der Waals surface area (Å²) in [6, 6.07) is 13.6. The van der Waals surface area contributed by atoms with Gasteiger partial charge in [0.05, 0.1) is 26.3 Å². The molecule has 3 aromatic rings. The summed E-state index contributed by atoms with van der Waals surface area (Å²) in [5, 5.41) is 15.6. The summed E-state index contributed by atoms with van der Waals surface area (Å²) in [5.41, 5.74) is -1.31. The molecular weight excluding hydrogens is 334 g/mol. The lowest BCUT2D eigenvalue weighted by atomic mass is 9.84. The fourth-order valence-electron chi connectivity index (χ4n) is 2.87. The second-order valence-corrected chi connectivity index (χ2v) is 5.68. The molecule has 0 aliphatic carbocycles. The number of aliphatic hydroxyl groups is 1. The standard InChI is InChI=1S/C19H19N3O4/c1-25-16-9-5-3-7-14(16)18(23)19(24,11-22-13-20-12-21-22)15-8-4-6-10-17(15)26-2/h3-10,12-13,24H,11H2,1-2H3. The predicted molar refractivity (Wildman–Crippen MR) is 94.2 cm³/mol. The lowest BCUT2D eigenvalue weighted by molar-refractivity contribution is 0.0166. The van der Waals surface area contributed by atoms with Gasteiger partial charge < -0.3 is 14.6 Å². The molecule has 1 aromatic heterocycles. The average Bonchev–Trinajstić information content (AvgIpc) is 3.20. The molecule has 2 aromatic carbocycles. The van der Waals surface area contributed by atoms with Crippen molar-refractivity contribution in [1.82, 2.24) is 14.8 Å². The van der Waals surface area contributed by atoms with Crippen molar-refractivity contribution in [3.05, 3.63) is 72.3 Å². The third-order valence-corrected chi connectivity index (χ3v) is 4.14. The minimum Gasteiger partial charge on any atom is -0.496 e. The Balaban J connectivity index is 2.16. The maximum absolute atomic E-state index is 13.4. The molecule has 0 fully saturated rings.